The van der Waals surface area contributed by atoms with Crippen LogP contribution in [0.25, 0.3) is 0 Å². The first-order chi connectivity index (χ1) is 12.6. The van der Waals surface area contributed by atoms with Crippen LogP contribution in [0, 0.1) is 0 Å². The lowest BCUT2D eigenvalue weighted by Gasteiger charge is -2.09. The zero-order chi connectivity index (χ0) is 20.4. The maximum Gasteiger partial charge on any atom is 0.371 e. The Morgan fingerprint density at radius 2 is 1.93 bits per heavy atom. The molecule has 2 aromatic rings. The van der Waals surface area contributed by atoms with E-state index in [1.165, 1.54) is 20.2 Å². The van der Waals surface area contributed by atoms with Crippen LogP contribution < -0.4 is 15.9 Å². The smallest absolute Gasteiger partial charge is 0.371 e. The number of esters is 1. The standard InChI is InChI=1S/C13H13ClN4O8S/c1-17-12(25-3)15-18(13(17)21)11(20)16-26-27(22,23)9-6-7(14)4-5-8(9)10(19)24-2/h4-6H,1-3H3,(H,16,20). The van der Waals surface area contributed by atoms with Crippen molar-refractivity contribution in [3.63, 3.8) is 0 Å². The van der Waals surface area contributed by atoms with Crippen LogP contribution in [-0.2, 0) is 26.2 Å². The van der Waals surface area contributed by atoms with E-state index < -0.39 is 32.7 Å². The molecule has 0 unspecified atom stereocenters. The zero-order valence-corrected chi connectivity index (χ0v) is 15.7. The van der Waals surface area contributed by atoms with E-state index in [0.29, 0.717) is 0 Å². The number of nitrogens with zero attached hydrogens (tertiary/aromatic N) is 3. The number of nitrogens with one attached hydrogen (secondary N) is 1. The van der Waals surface area contributed by atoms with Gasteiger partial charge in [0.05, 0.1) is 19.8 Å². The molecule has 12 nitrogen and oxygen atoms in total. The van der Waals surface area contributed by atoms with E-state index in [9.17, 15) is 22.8 Å². The average molecular weight is 421 g/mol. The maximum atomic E-state index is 12.3. The normalized spacial score (nSPS) is 11.1. The summed E-state index contributed by atoms with van der Waals surface area (Å²) in [6.45, 7) is 0. The topological polar surface area (TPSA) is 148 Å². The molecule has 0 atom stereocenters. The number of carbonyl (C=O) groups is 2. The highest BCUT2D eigenvalue weighted by Gasteiger charge is 2.27. The van der Waals surface area contributed by atoms with E-state index in [-0.39, 0.29) is 21.3 Å². The molecule has 0 aliphatic carbocycles. The quantitative estimate of drug-likeness (QED) is 0.517. The minimum Gasteiger partial charge on any atom is -0.467 e. The fraction of sp³-hybridized carbons (Fsp3) is 0.231. The second-order valence-corrected chi connectivity index (χ2v) is 6.77. The van der Waals surface area contributed by atoms with E-state index in [1.54, 1.807) is 5.48 Å². The number of aromatic nitrogens is 3. The van der Waals surface area contributed by atoms with Crippen molar-refractivity contribution >= 4 is 33.7 Å². The Morgan fingerprint density at radius 3 is 2.48 bits per heavy atom. The van der Waals surface area contributed by atoms with Crippen LogP contribution in [0.2, 0.25) is 5.02 Å². The second kappa shape index (κ2) is 7.77. The van der Waals surface area contributed by atoms with Gasteiger partial charge in [-0.05, 0) is 18.2 Å². The summed E-state index contributed by atoms with van der Waals surface area (Å²) in [6.07, 6.45) is 0. The largest absolute Gasteiger partial charge is 0.467 e. The number of rotatable bonds is 5. The highest BCUT2D eigenvalue weighted by Crippen LogP contribution is 2.23. The number of hydroxylamine groups is 1. The van der Waals surface area contributed by atoms with Crippen LogP contribution in [-0.4, -0.2) is 49.0 Å². The number of hydrogen-bond donors (Lipinski definition) is 1. The number of ether oxygens (including phenoxy) is 2. The van der Waals surface area contributed by atoms with Crippen LogP contribution in [0.4, 0.5) is 4.79 Å². The monoisotopic (exact) mass is 420 g/mol. The minimum absolute atomic E-state index is 0.0122. The number of amides is 1. The third kappa shape index (κ3) is 4.10. The Labute approximate surface area is 157 Å². The first kappa shape index (κ1) is 20.4. The minimum atomic E-state index is -4.69. The Hall–Kier alpha value is -2.90. The molecule has 1 N–H and O–H groups in total. The molecule has 14 heteroatoms. The van der Waals surface area contributed by atoms with Crippen molar-refractivity contribution in [1.29, 1.82) is 0 Å². The number of methoxy groups -OCH3 is 2. The molecule has 146 valence electrons. The van der Waals surface area contributed by atoms with Crippen LogP contribution in [0.3, 0.4) is 0 Å². The Bertz CT molecular complexity index is 1060. The van der Waals surface area contributed by atoms with Crippen molar-refractivity contribution in [2.75, 3.05) is 14.2 Å². The van der Waals surface area contributed by atoms with Gasteiger partial charge in [-0.25, -0.2) is 19.0 Å². The molecule has 2 rings (SSSR count). The Kier molecular flexibility index (Phi) is 5.88. The Balaban J connectivity index is 2.30. The average Bonchev–Trinajstić information content (AvgIpc) is 2.93. The summed E-state index contributed by atoms with van der Waals surface area (Å²) in [5.41, 5.74) is 0.275. The van der Waals surface area contributed by atoms with Crippen LogP contribution in [0.15, 0.2) is 27.9 Å². The van der Waals surface area contributed by atoms with Gasteiger partial charge in [-0.2, -0.15) is 13.9 Å². The van der Waals surface area contributed by atoms with Gasteiger partial charge < -0.3 is 9.47 Å². The number of carbonyl (C=O) groups excluding carboxylic acids is 2. The molecule has 0 aliphatic heterocycles. The van der Waals surface area contributed by atoms with Gasteiger partial charge >= 0.3 is 33.8 Å². The Morgan fingerprint density at radius 1 is 1.26 bits per heavy atom. The van der Waals surface area contributed by atoms with Crippen molar-refractivity contribution in [2.45, 2.75) is 4.90 Å². The molecule has 0 radical (unpaired) electrons. The van der Waals surface area contributed by atoms with Crippen molar-refractivity contribution in [3.05, 3.63) is 39.3 Å². The molecule has 1 aromatic heterocycles. The SMILES string of the molecule is COC(=O)c1ccc(Cl)cc1S(=O)(=O)ONC(=O)n1nc(OC)n(C)c1=O. The van der Waals surface area contributed by atoms with Crippen molar-refractivity contribution in [2.24, 2.45) is 7.05 Å². The summed E-state index contributed by atoms with van der Waals surface area (Å²) >= 11 is 5.75. The second-order valence-electron chi connectivity index (χ2n) is 4.82. The molecule has 0 saturated carbocycles. The maximum absolute atomic E-state index is 12.3. The molecule has 1 aromatic carbocycles. The van der Waals surface area contributed by atoms with Gasteiger partial charge in [0.1, 0.15) is 4.90 Å². The first-order valence-corrected chi connectivity index (χ1v) is 8.72. The predicted octanol–water partition coefficient (Wildman–Crippen LogP) is -0.0914. The van der Waals surface area contributed by atoms with Gasteiger partial charge in [0.25, 0.3) is 0 Å². The fourth-order valence-corrected chi connectivity index (χ4v) is 3.09. The van der Waals surface area contributed by atoms with E-state index in [4.69, 9.17) is 16.3 Å². The molecular formula is C13H13ClN4O8S. The molecule has 0 saturated heterocycles. The van der Waals surface area contributed by atoms with Gasteiger partial charge in [-0.3, -0.25) is 0 Å². The molecule has 27 heavy (non-hydrogen) atoms. The molecule has 0 bridgehead atoms. The van der Waals surface area contributed by atoms with E-state index in [2.05, 4.69) is 14.1 Å². The first-order valence-electron chi connectivity index (χ1n) is 6.94. The van der Waals surface area contributed by atoms with Gasteiger partial charge in [0, 0.05) is 12.1 Å². The van der Waals surface area contributed by atoms with Crippen molar-refractivity contribution in [1.82, 2.24) is 19.8 Å². The van der Waals surface area contributed by atoms with Crippen LogP contribution in [0.1, 0.15) is 10.4 Å². The molecule has 0 spiro atoms. The summed E-state index contributed by atoms with van der Waals surface area (Å²) in [5.74, 6) is -0.967. The molecule has 0 aliphatic rings. The number of halogens is 1. The lowest BCUT2D eigenvalue weighted by atomic mass is 10.2. The third-order valence-electron chi connectivity index (χ3n) is 3.17. The van der Waals surface area contributed by atoms with Gasteiger partial charge in [-0.15, -0.1) is 14.1 Å². The molecule has 1 heterocycles. The lowest BCUT2D eigenvalue weighted by Crippen LogP contribution is -2.38. The van der Waals surface area contributed by atoms with Crippen molar-refractivity contribution < 1.29 is 31.8 Å². The van der Waals surface area contributed by atoms with E-state index >= 15 is 0 Å². The summed E-state index contributed by atoms with van der Waals surface area (Å²) in [7, 11) is -1.14. The van der Waals surface area contributed by atoms with Crippen LogP contribution >= 0.6 is 11.6 Å². The number of benzene rings is 1. The van der Waals surface area contributed by atoms with Crippen LogP contribution in [0.5, 0.6) is 6.01 Å². The van der Waals surface area contributed by atoms with Gasteiger partial charge in [-0.1, -0.05) is 11.6 Å². The summed E-state index contributed by atoms with van der Waals surface area (Å²) in [5, 5.41) is 3.52. The molecule has 0 fully saturated rings. The summed E-state index contributed by atoms with van der Waals surface area (Å²) < 4.78 is 39.5. The third-order valence-corrected chi connectivity index (χ3v) is 4.59. The van der Waals surface area contributed by atoms with Gasteiger partial charge in [0.15, 0.2) is 0 Å². The highest BCUT2D eigenvalue weighted by molar-refractivity contribution is 7.86. The highest BCUT2D eigenvalue weighted by atomic mass is 35.5. The van der Waals surface area contributed by atoms with Gasteiger partial charge in [0.2, 0.25) is 0 Å². The van der Waals surface area contributed by atoms with E-state index in [1.807, 2.05) is 0 Å². The summed E-state index contributed by atoms with van der Waals surface area (Å²) in [6, 6.07) is 1.81. The van der Waals surface area contributed by atoms with Crippen molar-refractivity contribution in [3.8, 4) is 6.01 Å². The number of hydrogen-bond acceptors (Lipinski definition) is 9. The van der Waals surface area contributed by atoms with E-state index in [0.717, 1.165) is 23.8 Å². The molecule has 1 amide bonds. The molecular weight excluding hydrogens is 408 g/mol. The predicted molar refractivity (Wildman–Crippen MR) is 89.0 cm³/mol. The fourth-order valence-electron chi connectivity index (χ4n) is 1.89. The lowest BCUT2D eigenvalue weighted by molar-refractivity contribution is 0.0595. The summed E-state index contributed by atoms with van der Waals surface area (Å²) in [4.78, 5) is 34.9. The zero-order valence-electron chi connectivity index (χ0n) is 14.1.